The van der Waals surface area contributed by atoms with Crippen LogP contribution in [-0.2, 0) is 0 Å². The second kappa shape index (κ2) is 6.62. The standard InChI is InChI=1S/C22H23F2N3O/c1-13-4-2-7-18(25-13)22(28)27-12-16(15-5-3-6-17(23)19(15)24)21-20(27)14-8-10-26(21)11-9-14/h2-7,14,16,20-21H,8-12H2,1H3/t16-,20-,21-/m1/s1. The van der Waals surface area contributed by atoms with Crippen LogP contribution in [0.2, 0.25) is 0 Å². The van der Waals surface area contributed by atoms with E-state index >= 15 is 0 Å². The van der Waals surface area contributed by atoms with Gasteiger partial charge in [0.05, 0.1) is 6.04 Å². The zero-order valence-corrected chi connectivity index (χ0v) is 15.8. The molecule has 5 heterocycles. The number of halogens is 2. The topological polar surface area (TPSA) is 36.4 Å². The van der Waals surface area contributed by atoms with E-state index in [1.54, 1.807) is 18.2 Å². The lowest BCUT2D eigenvalue weighted by atomic mass is 9.75. The summed E-state index contributed by atoms with van der Waals surface area (Å²) in [5.41, 5.74) is 1.61. The van der Waals surface area contributed by atoms with Crippen molar-refractivity contribution in [3.63, 3.8) is 0 Å². The number of likely N-dealkylation sites (tertiary alicyclic amines) is 1. The van der Waals surface area contributed by atoms with Gasteiger partial charge in [-0.1, -0.05) is 18.2 Å². The van der Waals surface area contributed by atoms with Crippen molar-refractivity contribution >= 4 is 5.91 Å². The summed E-state index contributed by atoms with van der Waals surface area (Å²) < 4.78 is 28.6. The molecule has 4 fully saturated rings. The summed E-state index contributed by atoms with van der Waals surface area (Å²) in [6, 6.07) is 9.89. The van der Waals surface area contributed by atoms with E-state index < -0.39 is 11.6 Å². The van der Waals surface area contributed by atoms with Crippen molar-refractivity contribution in [3.8, 4) is 0 Å². The van der Waals surface area contributed by atoms with Gasteiger partial charge in [-0.25, -0.2) is 13.8 Å². The molecule has 0 spiro atoms. The van der Waals surface area contributed by atoms with Crippen molar-refractivity contribution in [2.24, 2.45) is 5.92 Å². The largest absolute Gasteiger partial charge is 0.332 e. The van der Waals surface area contributed by atoms with Crippen molar-refractivity contribution < 1.29 is 13.6 Å². The molecule has 146 valence electrons. The molecule has 0 N–H and O–H groups in total. The zero-order chi connectivity index (χ0) is 19.4. The van der Waals surface area contributed by atoms with Gasteiger partial charge in [0.2, 0.25) is 0 Å². The molecule has 6 heteroatoms. The Morgan fingerprint density at radius 2 is 1.82 bits per heavy atom. The molecule has 0 radical (unpaired) electrons. The third kappa shape index (κ3) is 2.65. The number of hydrogen-bond acceptors (Lipinski definition) is 3. The first-order valence-corrected chi connectivity index (χ1v) is 9.97. The van der Waals surface area contributed by atoms with Crippen LogP contribution < -0.4 is 0 Å². The lowest BCUT2D eigenvalue weighted by Crippen LogP contribution is -2.60. The molecule has 4 aliphatic heterocycles. The predicted molar refractivity (Wildman–Crippen MR) is 101 cm³/mol. The average molecular weight is 383 g/mol. The van der Waals surface area contributed by atoms with Crippen LogP contribution in [0, 0.1) is 24.5 Å². The Balaban J connectivity index is 1.56. The number of hydrogen-bond donors (Lipinski definition) is 0. The quantitative estimate of drug-likeness (QED) is 0.798. The number of nitrogens with zero attached hydrogens (tertiary/aromatic N) is 3. The summed E-state index contributed by atoms with van der Waals surface area (Å²) >= 11 is 0. The van der Waals surface area contributed by atoms with Gasteiger partial charge < -0.3 is 4.90 Å². The van der Waals surface area contributed by atoms with E-state index in [0.29, 0.717) is 23.7 Å². The van der Waals surface area contributed by atoms with E-state index in [1.165, 1.54) is 0 Å². The van der Waals surface area contributed by atoms with E-state index in [1.807, 2.05) is 24.0 Å². The number of pyridine rings is 1. The van der Waals surface area contributed by atoms with Gasteiger partial charge in [-0.05, 0) is 62.5 Å². The second-order valence-electron chi connectivity index (χ2n) is 8.23. The number of amides is 1. The molecule has 0 unspecified atom stereocenters. The summed E-state index contributed by atoms with van der Waals surface area (Å²) in [5, 5.41) is 0. The maximum absolute atomic E-state index is 14.6. The molecule has 2 bridgehead atoms. The molecule has 0 aliphatic carbocycles. The first kappa shape index (κ1) is 17.7. The highest BCUT2D eigenvalue weighted by molar-refractivity contribution is 5.93. The lowest BCUT2D eigenvalue weighted by Gasteiger charge is -2.51. The summed E-state index contributed by atoms with van der Waals surface area (Å²) in [6.07, 6.45) is 2.09. The molecule has 0 saturated carbocycles. The van der Waals surface area contributed by atoms with Crippen molar-refractivity contribution in [2.45, 2.75) is 37.8 Å². The minimum absolute atomic E-state index is 0.0324. The number of benzene rings is 1. The monoisotopic (exact) mass is 383 g/mol. The maximum atomic E-state index is 14.6. The average Bonchev–Trinajstić information content (AvgIpc) is 3.13. The van der Waals surface area contributed by atoms with Crippen LogP contribution in [0.15, 0.2) is 36.4 Å². The van der Waals surface area contributed by atoms with Crippen LogP contribution >= 0.6 is 0 Å². The Bertz CT molecular complexity index is 926. The second-order valence-corrected chi connectivity index (χ2v) is 8.23. The fourth-order valence-corrected chi connectivity index (χ4v) is 5.54. The van der Waals surface area contributed by atoms with Crippen LogP contribution in [0.5, 0.6) is 0 Å². The Morgan fingerprint density at radius 1 is 1.07 bits per heavy atom. The van der Waals surface area contributed by atoms with Crippen molar-refractivity contribution in [1.29, 1.82) is 0 Å². The minimum atomic E-state index is -0.824. The highest BCUT2D eigenvalue weighted by atomic mass is 19.2. The van der Waals surface area contributed by atoms with Crippen LogP contribution in [0.3, 0.4) is 0 Å². The van der Waals surface area contributed by atoms with E-state index in [2.05, 4.69) is 9.88 Å². The van der Waals surface area contributed by atoms with E-state index in [9.17, 15) is 13.6 Å². The summed E-state index contributed by atoms with van der Waals surface area (Å²) in [5.74, 6) is -1.53. The van der Waals surface area contributed by atoms with E-state index in [-0.39, 0.29) is 23.9 Å². The van der Waals surface area contributed by atoms with Gasteiger partial charge in [-0.2, -0.15) is 0 Å². The Morgan fingerprint density at radius 3 is 2.57 bits per heavy atom. The highest BCUT2D eigenvalue weighted by Crippen LogP contribution is 2.47. The van der Waals surface area contributed by atoms with Crippen molar-refractivity contribution in [2.75, 3.05) is 19.6 Å². The van der Waals surface area contributed by atoms with E-state index in [0.717, 1.165) is 37.7 Å². The molecule has 3 atom stereocenters. The first-order chi connectivity index (χ1) is 13.5. The summed E-state index contributed by atoms with van der Waals surface area (Å²) in [7, 11) is 0. The van der Waals surface area contributed by atoms with Crippen molar-refractivity contribution in [1.82, 2.24) is 14.8 Å². The molecule has 1 aromatic carbocycles. The fourth-order valence-electron chi connectivity index (χ4n) is 5.54. The number of rotatable bonds is 2. The molecule has 1 amide bonds. The van der Waals surface area contributed by atoms with Crippen LogP contribution in [0.4, 0.5) is 8.78 Å². The molecule has 2 aromatic rings. The summed E-state index contributed by atoms with van der Waals surface area (Å²) in [4.78, 5) is 22.0. The molecule has 4 nitrogen and oxygen atoms in total. The van der Waals surface area contributed by atoms with Gasteiger partial charge in [-0.15, -0.1) is 0 Å². The number of carbonyl (C=O) groups is 1. The minimum Gasteiger partial charge on any atom is -0.332 e. The SMILES string of the molecule is Cc1cccc(C(=O)N2C[C@H](c3cccc(F)c3F)[C@@H]3[C@H]2C2CCN3CC2)n1. The molecular formula is C22H23F2N3O. The van der Waals surface area contributed by atoms with Crippen LogP contribution in [-0.4, -0.2) is 52.4 Å². The molecule has 1 aromatic heterocycles. The number of piperidine rings is 3. The molecule has 28 heavy (non-hydrogen) atoms. The Hall–Kier alpha value is -2.34. The third-order valence-corrected chi connectivity index (χ3v) is 6.74. The third-order valence-electron chi connectivity index (χ3n) is 6.74. The molecular weight excluding hydrogens is 360 g/mol. The highest BCUT2D eigenvalue weighted by Gasteiger charge is 2.55. The normalized spacial score (nSPS) is 31.1. The van der Waals surface area contributed by atoms with Gasteiger partial charge >= 0.3 is 0 Å². The number of aryl methyl sites for hydroxylation is 1. The summed E-state index contributed by atoms with van der Waals surface area (Å²) in [6.45, 7) is 4.19. The first-order valence-electron chi connectivity index (χ1n) is 9.97. The fraction of sp³-hybridized carbons (Fsp3) is 0.455. The van der Waals surface area contributed by atoms with Gasteiger partial charge in [0.15, 0.2) is 11.6 Å². The van der Waals surface area contributed by atoms with Gasteiger partial charge in [0.25, 0.3) is 5.91 Å². The zero-order valence-electron chi connectivity index (χ0n) is 15.8. The number of aromatic nitrogens is 1. The van der Waals surface area contributed by atoms with E-state index in [4.69, 9.17) is 0 Å². The molecule has 4 aliphatic rings. The molecule has 6 rings (SSSR count). The number of carbonyl (C=O) groups excluding carboxylic acids is 1. The Kier molecular flexibility index (Phi) is 4.19. The lowest BCUT2D eigenvalue weighted by molar-refractivity contribution is -0.00377. The van der Waals surface area contributed by atoms with Crippen LogP contribution in [0.25, 0.3) is 0 Å². The number of fused-ring (bicyclic) bond motifs is 2. The smallest absolute Gasteiger partial charge is 0.272 e. The van der Waals surface area contributed by atoms with Gasteiger partial charge in [0.1, 0.15) is 5.69 Å². The van der Waals surface area contributed by atoms with Crippen LogP contribution in [0.1, 0.15) is 40.5 Å². The van der Waals surface area contributed by atoms with Crippen molar-refractivity contribution in [3.05, 3.63) is 65.0 Å². The van der Waals surface area contributed by atoms with Gasteiger partial charge in [0, 0.05) is 24.2 Å². The maximum Gasteiger partial charge on any atom is 0.272 e. The molecule has 4 saturated heterocycles. The Labute approximate surface area is 163 Å². The predicted octanol–water partition coefficient (Wildman–Crippen LogP) is 3.37. The van der Waals surface area contributed by atoms with Gasteiger partial charge in [-0.3, -0.25) is 9.69 Å².